The first-order valence-corrected chi connectivity index (χ1v) is 20.0. The van der Waals surface area contributed by atoms with Crippen molar-refractivity contribution in [2.24, 2.45) is 0 Å². The Kier molecular flexibility index (Phi) is 6.86. The third-order valence-electron chi connectivity index (χ3n) is 11.3. The number of anilines is 3. The maximum absolute atomic E-state index is 2.42. The summed E-state index contributed by atoms with van der Waals surface area (Å²) in [5.41, 5.74) is 10.8. The fourth-order valence-electron chi connectivity index (χ4n) is 9.04. The Labute approximate surface area is 314 Å². The fourth-order valence-corrected chi connectivity index (χ4v) is 11.7. The zero-order valence-electron chi connectivity index (χ0n) is 28.9. The van der Waals surface area contributed by atoms with Crippen LogP contribution in [0.1, 0.15) is 22.3 Å². The van der Waals surface area contributed by atoms with Gasteiger partial charge in [0.05, 0.1) is 0 Å². The SMILES string of the molecule is c1ccc(N(c2ccc(C3(c4ccccc4)c4ccccc4-c4ccccc43)cc2)c2ccc3ccc4ccc5c6ccccc6[se]c5c4c3c2)cc1. The van der Waals surface area contributed by atoms with Crippen molar-refractivity contribution in [3.8, 4) is 11.1 Å². The Morgan fingerprint density at radius 3 is 1.68 bits per heavy atom. The van der Waals surface area contributed by atoms with Crippen LogP contribution in [0.25, 0.3) is 52.0 Å². The van der Waals surface area contributed by atoms with Gasteiger partial charge in [0.15, 0.2) is 0 Å². The molecule has 0 aliphatic heterocycles. The number of nitrogens with zero attached hydrogens (tertiary/aromatic N) is 1. The molecule has 0 bridgehead atoms. The van der Waals surface area contributed by atoms with Gasteiger partial charge >= 0.3 is 226 Å². The predicted molar refractivity (Wildman–Crippen MR) is 225 cm³/mol. The molecular formula is C51H33NSe. The minimum absolute atomic E-state index is 0.261. The van der Waals surface area contributed by atoms with Crippen molar-refractivity contribution in [2.45, 2.75) is 5.41 Å². The molecule has 248 valence electrons. The van der Waals surface area contributed by atoms with Crippen LogP contribution in [-0.2, 0) is 5.41 Å². The van der Waals surface area contributed by atoms with Crippen LogP contribution in [0.5, 0.6) is 0 Å². The van der Waals surface area contributed by atoms with Crippen molar-refractivity contribution in [3.05, 3.63) is 222 Å². The van der Waals surface area contributed by atoms with Crippen molar-refractivity contribution in [1.29, 1.82) is 0 Å². The van der Waals surface area contributed by atoms with Crippen LogP contribution in [0, 0.1) is 0 Å². The van der Waals surface area contributed by atoms with E-state index in [0.717, 1.165) is 17.1 Å². The van der Waals surface area contributed by atoms with E-state index in [1.54, 1.807) is 0 Å². The van der Waals surface area contributed by atoms with Gasteiger partial charge in [0.25, 0.3) is 0 Å². The molecule has 0 atom stereocenters. The third-order valence-corrected chi connectivity index (χ3v) is 13.8. The van der Waals surface area contributed by atoms with E-state index in [2.05, 4.69) is 205 Å². The summed E-state index contributed by atoms with van der Waals surface area (Å²) in [4.78, 5) is 2.41. The van der Waals surface area contributed by atoms with Gasteiger partial charge in [-0.2, -0.15) is 0 Å². The molecule has 0 unspecified atom stereocenters. The van der Waals surface area contributed by atoms with Crippen molar-refractivity contribution < 1.29 is 0 Å². The molecule has 1 nitrogen and oxygen atoms in total. The summed E-state index contributed by atoms with van der Waals surface area (Å²) in [6.45, 7) is 0. The second-order valence-corrected chi connectivity index (χ2v) is 16.2. The number of para-hydroxylation sites is 1. The molecule has 53 heavy (non-hydrogen) atoms. The van der Waals surface area contributed by atoms with E-state index in [9.17, 15) is 0 Å². The second-order valence-electron chi connectivity index (χ2n) is 14.0. The first kappa shape index (κ1) is 30.4. The van der Waals surface area contributed by atoms with Crippen LogP contribution in [0.15, 0.2) is 200 Å². The van der Waals surface area contributed by atoms with Gasteiger partial charge < -0.3 is 0 Å². The van der Waals surface area contributed by atoms with Crippen molar-refractivity contribution in [3.63, 3.8) is 0 Å². The Hall–Kier alpha value is -6.18. The topological polar surface area (TPSA) is 3.24 Å². The fraction of sp³-hybridized carbons (Fsp3) is 0.0196. The minimum atomic E-state index is -0.424. The van der Waals surface area contributed by atoms with E-state index in [1.165, 1.54) is 74.2 Å². The van der Waals surface area contributed by atoms with Crippen molar-refractivity contribution >= 4 is 72.4 Å². The Morgan fingerprint density at radius 2 is 0.925 bits per heavy atom. The Bertz CT molecular complexity index is 2950. The number of rotatable bonds is 5. The monoisotopic (exact) mass is 739 g/mol. The van der Waals surface area contributed by atoms with E-state index in [1.807, 2.05) is 0 Å². The van der Waals surface area contributed by atoms with Crippen molar-refractivity contribution in [1.82, 2.24) is 0 Å². The summed E-state index contributed by atoms with van der Waals surface area (Å²) < 4.78 is 2.97. The summed E-state index contributed by atoms with van der Waals surface area (Å²) in [5, 5.41) is 8.07. The molecule has 1 aliphatic rings. The molecule has 1 heterocycles. The average molecular weight is 739 g/mol. The predicted octanol–water partition coefficient (Wildman–Crippen LogP) is 13.2. The maximum atomic E-state index is 2.42. The van der Waals surface area contributed by atoms with Gasteiger partial charge in [-0.25, -0.2) is 0 Å². The van der Waals surface area contributed by atoms with Crippen LogP contribution >= 0.6 is 0 Å². The summed E-state index contributed by atoms with van der Waals surface area (Å²) in [5.74, 6) is 0. The molecule has 0 amide bonds. The normalized spacial score (nSPS) is 13.1. The standard InChI is InChI=1S/C51H33NSe/c1-3-13-36(14-4-1)51(46-20-10-7-17-41(46)42-18-8-11-21-47(42)51)37-27-30-39(31-28-37)52(38-15-5-2-6-16-38)40-29-25-34-23-24-35-26-32-44-43-19-9-12-22-48(43)53-50(44)49(35)45(34)33-40/h1-33H. The molecule has 0 spiro atoms. The number of hydrogen-bond donors (Lipinski definition) is 0. The van der Waals surface area contributed by atoms with E-state index in [4.69, 9.17) is 0 Å². The Balaban J connectivity index is 1.12. The first-order chi connectivity index (χ1) is 26.3. The molecule has 0 saturated carbocycles. The van der Waals surface area contributed by atoms with Crippen LogP contribution in [0.3, 0.4) is 0 Å². The van der Waals surface area contributed by atoms with Crippen molar-refractivity contribution in [2.75, 3.05) is 4.90 Å². The molecule has 9 aromatic carbocycles. The molecule has 0 saturated heterocycles. The van der Waals surface area contributed by atoms with E-state index in [0.29, 0.717) is 0 Å². The van der Waals surface area contributed by atoms with E-state index >= 15 is 0 Å². The van der Waals surface area contributed by atoms with Gasteiger partial charge in [-0.05, 0) is 11.1 Å². The van der Waals surface area contributed by atoms with Gasteiger partial charge in [0.2, 0.25) is 0 Å². The number of fused-ring (bicyclic) bond motifs is 10. The molecule has 0 fully saturated rings. The van der Waals surface area contributed by atoms with Crippen LogP contribution in [0.4, 0.5) is 17.1 Å². The summed E-state index contributed by atoms with van der Waals surface area (Å²) in [6.07, 6.45) is 0. The number of hydrogen-bond acceptors (Lipinski definition) is 1. The first-order valence-electron chi connectivity index (χ1n) is 18.3. The average Bonchev–Trinajstić information content (AvgIpc) is 3.76. The van der Waals surface area contributed by atoms with Gasteiger partial charge in [-0.15, -0.1) is 0 Å². The van der Waals surface area contributed by atoms with Gasteiger partial charge in [-0.3, -0.25) is 0 Å². The van der Waals surface area contributed by atoms with Gasteiger partial charge in [0, 0.05) is 0 Å². The molecule has 1 aliphatic carbocycles. The summed E-state index contributed by atoms with van der Waals surface area (Å²) in [6, 6.07) is 74.3. The van der Waals surface area contributed by atoms with E-state index < -0.39 is 5.41 Å². The number of benzene rings is 9. The summed E-state index contributed by atoms with van der Waals surface area (Å²) in [7, 11) is 0. The van der Waals surface area contributed by atoms with Crippen LogP contribution in [0.2, 0.25) is 0 Å². The summed E-state index contributed by atoms with van der Waals surface area (Å²) >= 11 is 0.261. The molecule has 0 N–H and O–H groups in total. The zero-order chi connectivity index (χ0) is 34.9. The molecular weight excluding hydrogens is 706 g/mol. The third kappa shape index (κ3) is 4.50. The van der Waals surface area contributed by atoms with E-state index in [-0.39, 0.29) is 14.5 Å². The molecule has 11 rings (SSSR count). The quantitative estimate of drug-likeness (QED) is 0.126. The van der Waals surface area contributed by atoms with Gasteiger partial charge in [-0.1, -0.05) is 78.9 Å². The molecule has 10 aromatic rings. The van der Waals surface area contributed by atoms with Crippen LogP contribution in [-0.4, -0.2) is 14.5 Å². The molecule has 1 aromatic heterocycles. The van der Waals surface area contributed by atoms with Crippen LogP contribution < -0.4 is 4.90 Å². The zero-order valence-corrected chi connectivity index (χ0v) is 30.6. The Morgan fingerprint density at radius 1 is 0.377 bits per heavy atom. The molecule has 2 heteroatoms. The molecule has 0 radical (unpaired) electrons. The van der Waals surface area contributed by atoms with Gasteiger partial charge in [0.1, 0.15) is 0 Å². The second kappa shape index (κ2) is 11.9.